The number of amides is 1. The standard InChI is InChI=1S/C11H21NO3/c1-7(2)6-9(11(14)15-5)12-10(13)8(3)4/h7-9H,6H2,1-5H3,(H,12,13)/t9-/m1/s1. The molecule has 1 atom stereocenters. The van der Waals surface area contributed by atoms with Crippen molar-refractivity contribution in [3.8, 4) is 0 Å². The molecule has 0 aliphatic rings. The summed E-state index contributed by atoms with van der Waals surface area (Å²) >= 11 is 0. The van der Waals surface area contributed by atoms with Crippen molar-refractivity contribution in [3.05, 3.63) is 0 Å². The SMILES string of the molecule is COC(=O)[C@@H](CC(C)C)NC(=O)C(C)C. The molecule has 1 N–H and O–H groups in total. The monoisotopic (exact) mass is 215 g/mol. The summed E-state index contributed by atoms with van der Waals surface area (Å²) in [4.78, 5) is 22.8. The Kier molecular flexibility index (Phi) is 5.97. The van der Waals surface area contributed by atoms with E-state index in [-0.39, 0.29) is 17.8 Å². The lowest BCUT2D eigenvalue weighted by atomic mass is 10.0. The van der Waals surface area contributed by atoms with Crippen LogP contribution in [-0.4, -0.2) is 25.0 Å². The number of methoxy groups -OCH3 is 1. The predicted molar refractivity (Wildman–Crippen MR) is 58.2 cm³/mol. The van der Waals surface area contributed by atoms with Gasteiger partial charge in [-0.1, -0.05) is 27.7 Å². The van der Waals surface area contributed by atoms with Crippen molar-refractivity contribution in [2.75, 3.05) is 7.11 Å². The van der Waals surface area contributed by atoms with Crippen LogP contribution in [-0.2, 0) is 14.3 Å². The van der Waals surface area contributed by atoms with Gasteiger partial charge in [-0.3, -0.25) is 4.79 Å². The van der Waals surface area contributed by atoms with E-state index in [1.54, 1.807) is 13.8 Å². The molecule has 15 heavy (non-hydrogen) atoms. The lowest BCUT2D eigenvalue weighted by Gasteiger charge is -2.19. The molecule has 0 spiro atoms. The number of ether oxygens (including phenoxy) is 1. The van der Waals surface area contributed by atoms with Gasteiger partial charge in [-0.15, -0.1) is 0 Å². The third-order valence-electron chi connectivity index (χ3n) is 2.03. The van der Waals surface area contributed by atoms with Gasteiger partial charge >= 0.3 is 5.97 Å². The highest BCUT2D eigenvalue weighted by atomic mass is 16.5. The summed E-state index contributed by atoms with van der Waals surface area (Å²) in [7, 11) is 1.33. The Morgan fingerprint density at radius 3 is 2.07 bits per heavy atom. The summed E-state index contributed by atoms with van der Waals surface area (Å²) in [5, 5.41) is 2.68. The first kappa shape index (κ1) is 13.9. The molecule has 88 valence electrons. The van der Waals surface area contributed by atoms with Crippen LogP contribution in [0.5, 0.6) is 0 Å². The Hall–Kier alpha value is -1.06. The van der Waals surface area contributed by atoms with Crippen LogP contribution in [0.15, 0.2) is 0 Å². The Morgan fingerprint density at radius 1 is 1.20 bits per heavy atom. The normalized spacial score (nSPS) is 12.7. The second-order valence-electron chi connectivity index (χ2n) is 4.37. The van der Waals surface area contributed by atoms with E-state index >= 15 is 0 Å². The molecule has 0 fully saturated rings. The van der Waals surface area contributed by atoms with Crippen LogP contribution < -0.4 is 5.32 Å². The molecule has 0 heterocycles. The summed E-state index contributed by atoms with van der Waals surface area (Å²) < 4.78 is 4.64. The molecule has 4 nitrogen and oxygen atoms in total. The van der Waals surface area contributed by atoms with Crippen molar-refractivity contribution < 1.29 is 14.3 Å². The van der Waals surface area contributed by atoms with Crippen molar-refractivity contribution in [2.24, 2.45) is 11.8 Å². The van der Waals surface area contributed by atoms with Crippen molar-refractivity contribution in [1.82, 2.24) is 5.32 Å². The number of carbonyl (C=O) groups excluding carboxylic acids is 2. The van der Waals surface area contributed by atoms with Gasteiger partial charge in [0, 0.05) is 5.92 Å². The van der Waals surface area contributed by atoms with Crippen LogP contribution in [0.3, 0.4) is 0 Å². The molecule has 0 aromatic heterocycles. The summed E-state index contributed by atoms with van der Waals surface area (Å²) in [5.41, 5.74) is 0. The van der Waals surface area contributed by atoms with Gasteiger partial charge in [0.2, 0.25) is 5.91 Å². The van der Waals surface area contributed by atoms with Gasteiger partial charge < -0.3 is 10.1 Å². The minimum Gasteiger partial charge on any atom is -0.467 e. The van der Waals surface area contributed by atoms with Gasteiger partial charge in [0.05, 0.1) is 7.11 Å². The summed E-state index contributed by atoms with van der Waals surface area (Å²) in [6, 6.07) is -0.523. The van der Waals surface area contributed by atoms with Gasteiger partial charge in [0.25, 0.3) is 0 Å². The smallest absolute Gasteiger partial charge is 0.328 e. The second kappa shape index (κ2) is 6.43. The van der Waals surface area contributed by atoms with Crippen LogP contribution in [0.2, 0.25) is 0 Å². The Balaban J connectivity index is 4.37. The largest absolute Gasteiger partial charge is 0.467 e. The zero-order valence-electron chi connectivity index (χ0n) is 10.2. The molecule has 0 bridgehead atoms. The minimum atomic E-state index is -0.523. The lowest BCUT2D eigenvalue weighted by molar-refractivity contribution is -0.145. The molecule has 0 rings (SSSR count). The molecule has 1 amide bonds. The maximum Gasteiger partial charge on any atom is 0.328 e. The zero-order chi connectivity index (χ0) is 12.0. The summed E-state index contributed by atoms with van der Waals surface area (Å²) in [6.07, 6.45) is 0.602. The van der Waals surface area contributed by atoms with E-state index in [1.807, 2.05) is 13.8 Å². The molecule has 0 unspecified atom stereocenters. The molecule has 0 radical (unpaired) electrons. The average Bonchev–Trinajstić information content (AvgIpc) is 2.14. The molecule has 0 saturated heterocycles. The van der Waals surface area contributed by atoms with Crippen LogP contribution in [0, 0.1) is 11.8 Å². The molecular formula is C11H21NO3. The van der Waals surface area contributed by atoms with Gasteiger partial charge in [-0.2, -0.15) is 0 Å². The van der Waals surface area contributed by atoms with Crippen molar-refractivity contribution in [2.45, 2.75) is 40.2 Å². The van der Waals surface area contributed by atoms with E-state index < -0.39 is 6.04 Å². The van der Waals surface area contributed by atoms with E-state index in [9.17, 15) is 9.59 Å². The van der Waals surface area contributed by atoms with E-state index in [0.717, 1.165) is 0 Å². The fraction of sp³-hybridized carbons (Fsp3) is 0.818. The predicted octanol–water partition coefficient (Wildman–Crippen LogP) is 1.35. The molecule has 0 aromatic rings. The number of rotatable bonds is 5. The average molecular weight is 215 g/mol. The number of carbonyl (C=O) groups is 2. The van der Waals surface area contributed by atoms with E-state index in [1.165, 1.54) is 7.11 Å². The number of hydrogen-bond acceptors (Lipinski definition) is 3. The van der Waals surface area contributed by atoms with Crippen LogP contribution in [0.1, 0.15) is 34.1 Å². The number of esters is 1. The Labute approximate surface area is 91.4 Å². The van der Waals surface area contributed by atoms with E-state index in [2.05, 4.69) is 10.1 Å². The van der Waals surface area contributed by atoms with Gasteiger partial charge in [-0.25, -0.2) is 4.79 Å². The Morgan fingerprint density at radius 2 is 1.73 bits per heavy atom. The first-order valence-corrected chi connectivity index (χ1v) is 5.26. The van der Waals surface area contributed by atoms with Crippen molar-refractivity contribution in [1.29, 1.82) is 0 Å². The van der Waals surface area contributed by atoms with E-state index in [0.29, 0.717) is 12.3 Å². The van der Waals surface area contributed by atoms with Crippen LogP contribution in [0.4, 0.5) is 0 Å². The number of hydrogen-bond donors (Lipinski definition) is 1. The quantitative estimate of drug-likeness (QED) is 0.704. The highest BCUT2D eigenvalue weighted by Gasteiger charge is 2.23. The van der Waals surface area contributed by atoms with Crippen molar-refractivity contribution in [3.63, 3.8) is 0 Å². The molecule has 0 aliphatic carbocycles. The maximum atomic E-state index is 11.4. The topological polar surface area (TPSA) is 55.4 Å². The fourth-order valence-electron chi connectivity index (χ4n) is 1.17. The fourth-order valence-corrected chi connectivity index (χ4v) is 1.17. The van der Waals surface area contributed by atoms with E-state index in [4.69, 9.17) is 0 Å². The van der Waals surface area contributed by atoms with Crippen molar-refractivity contribution >= 4 is 11.9 Å². The number of nitrogens with one attached hydrogen (secondary N) is 1. The van der Waals surface area contributed by atoms with Crippen LogP contribution in [0.25, 0.3) is 0 Å². The Bertz CT molecular complexity index is 224. The molecule has 0 aliphatic heterocycles. The lowest BCUT2D eigenvalue weighted by Crippen LogP contribution is -2.44. The van der Waals surface area contributed by atoms with Gasteiger partial charge in [0.1, 0.15) is 6.04 Å². The van der Waals surface area contributed by atoms with Gasteiger partial charge in [-0.05, 0) is 12.3 Å². The summed E-state index contributed by atoms with van der Waals surface area (Å²) in [6.45, 7) is 7.58. The van der Waals surface area contributed by atoms with Gasteiger partial charge in [0.15, 0.2) is 0 Å². The second-order valence-corrected chi connectivity index (χ2v) is 4.37. The first-order chi connectivity index (χ1) is 6.88. The third-order valence-corrected chi connectivity index (χ3v) is 2.03. The first-order valence-electron chi connectivity index (χ1n) is 5.26. The maximum absolute atomic E-state index is 11.4. The highest BCUT2D eigenvalue weighted by molar-refractivity contribution is 5.85. The zero-order valence-corrected chi connectivity index (χ0v) is 10.2. The van der Waals surface area contributed by atoms with Crippen LogP contribution >= 0.6 is 0 Å². The molecule has 0 saturated carbocycles. The molecule has 0 aromatic carbocycles. The molecular weight excluding hydrogens is 194 g/mol. The minimum absolute atomic E-state index is 0.119. The summed E-state index contributed by atoms with van der Waals surface area (Å²) in [5.74, 6) is -0.283. The third kappa shape index (κ3) is 5.40. The highest BCUT2D eigenvalue weighted by Crippen LogP contribution is 2.07. The molecule has 4 heteroatoms.